The van der Waals surface area contributed by atoms with Crippen molar-refractivity contribution in [1.82, 2.24) is 15.5 Å². The number of amides is 2. The van der Waals surface area contributed by atoms with Crippen LogP contribution in [0.5, 0.6) is 5.75 Å². The number of nitrogens with zero attached hydrogens (tertiary/aromatic N) is 1. The van der Waals surface area contributed by atoms with Gasteiger partial charge in [0.05, 0.1) is 12.7 Å². The van der Waals surface area contributed by atoms with E-state index in [1.165, 1.54) is 12.7 Å². The van der Waals surface area contributed by atoms with Gasteiger partial charge in [-0.3, -0.25) is 14.5 Å². The lowest BCUT2D eigenvalue weighted by Crippen LogP contribution is -2.47. The van der Waals surface area contributed by atoms with Gasteiger partial charge in [-0.1, -0.05) is 50.2 Å². The zero-order chi connectivity index (χ0) is 23.3. The van der Waals surface area contributed by atoms with E-state index in [2.05, 4.69) is 41.5 Å². The van der Waals surface area contributed by atoms with Gasteiger partial charge in [-0.2, -0.15) is 11.8 Å². The summed E-state index contributed by atoms with van der Waals surface area (Å²) in [6, 6.07) is 14.7. The molecule has 0 aromatic heterocycles. The summed E-state index contributed by atoms with van der Waals surface area (Å²) in [5.41, 5.74) is 2.70. The number of carbonyl (C=O) groups is 2. The Morgan fingerprint density at radius 3 is 2.31 bits per heavy atom. The minimum Gasteiger partial charge on any atom is -0.496 e. The lowest BCUT2D eigenvalue weighted by molar-refractivity contribution is -0.123. The molecule has 0 aliphatic heterocycles. The van der Waals surface area contributed by atoms with Gasteiger partial charge in [-0.15, -0.1) is 0 Å². The van der Waals surface area contributed by atoms with Crippen molar-refractivity contribution < 1.29 is 14.3 Å². The molecule has 0 saturated carbocycles. The minimum atomic E-state index is -0.609. The van der Waals surface area contributed by atoms with Gasteiger partial charge in [0.2, 0.25) is 5.91 Å². The maximum absolute atomic E-state index is 12.9. The monoisotopic (exact) mass is 457 g/mol. The van der Waals surface area contributed by atoms with Crippen molar-refractivity contribution in [2.75, 3.05) is 32.2 Å². The van der Waals surface area contributed by atoms with Crippen LogP contribution in [0.3, 0.4) is 0 Å². The van der Waals surface area contributed by atoms with E-state index in [0.717, 1.165) is 31.0 Å². The van der Waals surface area contributed by atoms with Crippen molar-refractivity contribution >= 4 is 23.6 Å². The lowest BCUT2D eigenvalue weighted by atomic mass is 10.1. The summed E-state index contributed by atoms with van der Waals surface area (Å²) in [4.78, 5) is 28.0. The van der Waals surface area contributed by atoms with Crippen molar-refractivity contribution in [2.24, 2.45) is 0 Å². The fraction of sp³-hybridized carbons (Fsp3) is 0.440. The molecule has 7 heteroatoms. The van der Waals surface area contributed by atoms with E-state index in [9.17, 15) is 9.59 Å². The summed E-state index contributed by atoms with van der Waals surface area (Å²) in [7, 11) is 1.53. The molecule has 0 radical (unpaired) electrons. The van der Waals surface area contributed by atoms with Gasteiger partial charge in [-0.05, 0) is 54.8 Å². The van der Waals surface area contributed by atoms with Gasteiger partial charge in [0.15, 0.2) is 0 Å². The highest BCUT2D eigenvalue weighted by atomic mass is 32.2. The third-order valence-electron chi connectivity index (χ3n) is 5.37. The molecular formula is C25H35N3O3S. The number of ether oxygens (including phenoxy) is 1. The number of thioether (sulfide) groups is 1. The first-order valence-corrected chi connectivity index (χ1v) is 12.4. The molecule has 0 spiro atoms. The standard InChI is InChI=1S/C25H35N3O3S/c1-5-28(6-2)18-20-13-11-19(12-14-20)17-26-25(30)22(15-16-32-4)27-24(29)21-9-7-8-10-23(21)31-3/h7-14,22H,5-6,15-18H2,1-4H3,(H,26,30)(H,27,29). The number of para-hydroxylation sites is 1. The van der Waals surface area contributed by atoms with Crippen LogP contribution in [-0.2, 0) is 17.9 Å². The molecule has 0 bridgehead atoms. The van der Waals surface area contributed by atoms with E-state index in [1.54, 1.807) is 36.0 Å². The van der Waals surface area contributed by atoms with Crippen LogP contribution in [0.2, 0.25) is 0 Å². The molecule has 2 aromatic carbocycles. The molecule has 2 rings (SSSR count). The van der Waals surface area contributed by atoms with Crippen LogP contribution in [0.1, 0.15) is 41.8 Å². The molecule has 32 heavy (non-hydrogen) atoms. The molecule has 1 unspecified atom stereocenters. The summed E-state index contributed by atoms with van der Waals surface area (Å²) in [6.07, 6.45) is 2.54. The second-order valence-electron chi connectivity index (χ2n) is 7.50. The van der Waals surface area contributed by atoms with E-state index in [-0.39, 0.29) is 11.8 Å². The first kappa shape index (κ1) is 25.7. The van der Waals surface area contributed by atoms with Crippen molar-refractivity contribution in [2.45, 2.75) is 39.4 Å². The van der Waals surface area contributed by atoms with Gasteiger partial charge in [0.25, 0.3) is 5.91 Å². The summed E-state index contributed by atoms with van der Waals surface area (Å²) in [5.74, 6) is 0.752. The molecule has 2 N–H and O–H groups in total. The average Bonchev–Trinajstić information content (AvgIpc) is 2.84. The maximum atomic E-state index is 12.9. The smallest absolute Gasteiger partial charge is 0.255 e. The minimum absolute atomic E-state index is 0.186. The Balaban J connectivity index is 1.98. The Kier molecular flexibility index (Phi) is 11.1. The molecule has 2 amide bonds. The van der Waals surface area contributed by atoms with Crippen LogP contribution in [-0.4, -0.2) is 55.0 Å². The zero-order valence-electron chi connectivity index (χ0n) is 19.5. The lowest BCUT2D eigenvalue weighted by Gasteiger charge is -2.19. The predicted molar refractivity (Wildman–Crippen MR) is 132 cm³/mol. The Labute approximate surface area is 196 Å². The Hall–Kier alpha value is -2.51. The number of hydrogen-bond acceptors (Lipinski definition) is 5. The Morgan fingerprint density at radius 2 is 1.69 bits per heavy atom. The summed E-state index contributed by atoms with van der Waals surface area (Å²) < 4.78 is 5.27. The SMILES string of the molecule is CCN(CC)Cc1ccc(CNC(=O)C(CCSC)NC(=O)c2ccccc2OC)cc1. The zero-order valence-corrected chi connectivity index (χ0v) is 20.3. The van der Waals surface area contributed by atoms with Crippen LogP contribution in [0.25, 0.3) is 0 Å². The second-order valence-corrected chi connectivity index (χ2v) is 8.49. The fourth-order valence-corrected chi connectivity index (χ4v) is 3.82. The van der Waals surface area contributed by atoms with E-state index in [0.29, 0.717) is 24.3 Å². The molecule has 174 valence electrons. The van der Waals surface area contributed by atoms with Gasteiger partial charge in [0, 0.05) is 13.1 Å². The third-order valence-corrected chi connectivity index (χ3v) is 6.02. The molecule has 1 atom stereocenters. The quantitative estimate of drug-likeness (QED) is 0.480. The average molecular weight is 458 g/mol. The summed E-state index contributed by atoms with van der Waals surface area (Å²) >= 11 is 1.64. The van der Waals surface area contributed by atoms with Crippen LogP contribution < -0.4 is 15.4 Å². The highest BCUT2D eigenvalue weighted by Gasteiger charge is 2.22. The molecule has 6 nitrogen and oxygen atoms in total. The summed E-state index contributed by atoms with van der Waals surface area (Å²) in [6.45, 7) is 7.70. The maximum Gasteiger partial charge on any atom is 0.255 e. The van der Waals surface area contributed by atoms with Gasteiger partial charge in [-0.25, -0.2) is 0 Å². The Morgan fingerprint density at radius 1 is 1.03 bits per heavy atom. The molecule has 0 fully saturated rings. The second kappa shape index (κ2) is 13.8. The van der Waals surface area contributed by atoms with E-state index in [4.69, 9.17) is 4.74 Å². The van der Waals surface area contributed by atoms with Gasteiger partial charge in [0.1, 0.15) is 11.8 Å². The third kappa shape index (κ3) is 7.88. The number of carbonyl (C=O) groups excluding carboxylic acids is 2. The van der Waals surface area contributed by atoms with Gasteiger partial charge >= 0.3 is 0 Å². The molecule has 0 aliphatic carbocycles. The molecular weight excluding hydrogens is 422 g/mol. The fourth-order valence-electron chi connectivity index (χ4n) is 3.35. The predicted octanol–water partition coefficient (Wildman–Crippen LogP) is 3.70. The molecule has 0 aliphatic rings. The first-order chi connectivity index (χ1) is 15.5. The van der Waals surface area contributed by atoms with E-state index < -0.39 is 6.04 Å². The van der Waals surface area contributed by atoms with Crippen molar-refractivity contribution in [3.63, 3.8) is 0 Å². The molecule has 0 heterocycles. The molecule has 0 saturated heterocycles. The normalized spacial score (nSPS) is 11.8. The van der Waals surface area contributed by atoms with Crippen LogP contribution in [0.4, 0.5) is 0 Å². The number of benzene rings is 2. The number of methoxy groups -OCH3 is 1. The van der Waals surface area contributed by atoms with E-state index in [1.807, 2.05) is 18.4 Å². The van der Waals surface area contributed by atoms with Crippen molar-refractivity contribution in [3.05, 3.63) is 65.2 Å². The van der Waals surface area contributed by atoms with Crippen LogP contribution in [0, 0.1) is 0 Å². The van der Waals surface area contributed by atoms with E-state index >= 15 is 0 Å². The van der Waals surface area contributed by atoms with Gasteiger partial charge < -0.3 is 15.4 Å². The highest BCUT2D eigenvalue weighted by molar-refractivity contribution is 7.98. The largest absolute Gasteiger partial charge is 0.496 e. The number of rotatable bonds is 13. The van der Waals surface area contributed by atoms with Crippen molar-refractivity contribution in [3.8, 4) is 5.75 Å². The van der Waals surface area contributed by atoms with Crippen LogP contribution in [0.15, 0.2) is 48.5 Å². The highest BCUT2D eigenvalue weighted by Crippen LogP contribution is 2.17. The van der Waals surface area contributed by atoms with Crippen molar-refractivity contribution in [1.29, 1.82) is 0 Å². The van der Waals surface area contributed by atoms with Crippen LogP contribution >= 0.6 is 11.8 Å². The molecule has 2 aromatic rings. The Bertz CT molecular complexity index is 854. The summed E-state index contributed by atoms with van der Waals surface area (Å²) in [5, 5.41) is 5.84. The topological polar surface area (TPSA) is 70.7 Å². The number of hydrogen-bond donors (Lipinski definition) is 2. The first-order valence-electron chi connectivity index (χ1n) is 11.0. The number of nitrogens with one attached hydrogen (secondary N) is 2.